The zero-order valence-corrected chi connectivity index (χ0v) is 14.5. The van der Waals surface area contributed by atoms with Gasteiger partial charge >= 0.3 is 6.03 Å². The highest BCUT2D eigenvalue weighted by molar-refractivity contribution is 7.99. The van der Waals surface area contributed by atoms with Gasteiger partial charge in [-0.25, -0.2) is 9.18 Å². The van der Waals surface area contributed by atoms with Crippen molar-refractivity contribution in [3.63, 3.8) is 0 Å². The summed E-state index contributed by atoms with van der Waals surface area (Å²) in [6.45, 7) is 2.73. The third kappa shape index (κ3) is 3.38. The molecule has 1 fully saturated rings. The molecule has 0 aliphatic carbocycles. The van der Waals surface area contributed by atoms with Crippen LogP contribution in [0.5, 0.6) is 0 Å². The normalized spacial score (nSPS) is 17.3. The monoisotopic (exact) mass is 349 g/mol. The molecule has 24 heavy (non-hydrogen) atoms. The number of hydrogen-bond acceptors (Lipinski definition) is 4. The SMILES string of the molecule is CCSc1nnc([C@@H]2CCCN2C(=O)Nc2ccc(F)cc2)n1C. The van der Waals surface area contributed by atoms with Crippen molar-refractivity contribution in [3.05, 3.63) is 35.9 Å². The third-order valence-electron chi connectivity index (χ3n) is 4.05. The Morgan fingerprint density at radius 2 is 2.12 bits per heavy atom. The Hall–Kier alpha value is -2.09. The fraction of sp³-hybridized carbons (Fsp3) is 0.438. The molecule has 0 unspecified atom stereocenters. The van der Waals surface area contributed by atoms with Crippen LogP contribution in [0.25, 0.3) is 0 Å². The molecule has 2 amide bonds. The van der Waals surface area contributed by atoms with Gasteiger partial charge in [0, 0.05) is 19.3 Å². The van der Waals surface area contributed by atoms with E-state index in [2.05, 4.69) is 22.4 Å². The second-order valence-electron chi connectivity index (χ2n) is 5.62. The Labute approximate surface area is 144 Å². The lowest BCUT2D eigenvalue weighted by Crippen LogP contribution is -2.35. The Morgan fingerprint density at radius 3 is 2.83 bits per heavy atom. The number of amides is 2. The number of urea groups is 1. The number of nitrogens with zero attached hydrogens (tertiary/aromatic N) is 4. The van der Waals surface area contributed by atoms with Gasteiger partial charge in [0.25, 0.3) is 0 Å². The summed E-state index contributed by atoms with van der Waals surface area (Å²) >= 11 is 1.63. The van der Waals surface area contributed by atoms with Crippen LogP contribution in [0.3, 0.4) is 0 Å². The molecule has 1 aromatic heterocycles. The quantitative estimate of drug-likeness (QED) is 0.859. The number of rotatable bonds is 4. The lowest BCUT2D eigenvalue weighted by Gasteiger charge is -2.24. The van der Waals surface area contributed by atoms with Crippen LogP contribution in [0.2, 0.25) is 0 Å². The number of carbonyl (C=O) groups excluding carboxylic acids is 1. The van der Waals surface area contributed by atoms with Crippen molar-refractivity contribution in [1.29, 1.82) is 0 Å². The first-order chi connectivity index (χ1) is 11.6. The van der Waals surface area contributed by atoms with Gasteiger partial charge in [0.05, 0.1) is 6.04 Å². The Balaban J connectivity index is 1.75. The minimum atomic E-state index is -0.327. The maximum atomic E-state index is 13.0. The lowest BCUT2D eigenvalue weighted by atomic mass is 10.2. The zero-order valence-electron chi connectivity index (χ0n) is 13.7. The number of likely N-dealkylation sites (tertiary alicyclic amines) is 1. The van der Waals surface area contributed by atoms with Gasteiger partial charge < -0.3 is 14.8 Å². The molecule has 128 valence electrons. The van der Waals surface area contributed by atoms with Crippen LogP contribution in [0.1, 0.15) is 31.6 Å². The van der Waals surface area contributed by atoms with Gasteiger partial charge in [-0.15, -0.1) is 10.2 Å². The summed E-state index contributed by atoms with van der Waals surface area (Å²) in [7, 11) is 1.93. The molecule has 0 radical (unpaired) electrons. The number of anilines is 1. The predicted octanol–water partition coefficient (Wildman–Crippen LogP) is 3.44. The summed E-state index contributed by atoms with van der Waals surface area (Å²) in [5.41, 5.74) is 0.576. The molecule has 3 rings (SSSR count). The number of hydrogen-bond donors (Lipinski definition) is 1. The molecule has 6 nitrogen and oxygen atoms in total. The van der Waals surface area contributed by atoms with Crippen molar-refractivity contribution in [3.8, 4) is 0 Å². The molecule has 1 aliphatic heterocycles. The largest absolute Gasteiger partial charge is 0.322 e. The zero-order chi connectivity index (χ0) is 17.1. The average molecular weight is 349 g/mol. The lowest BCUT2D eigenvalue weighted by molar-refractivity contribution is 0.204. The third-order valence-corrected chi connectivity index (χ3v) is 4.95. The Morgan fingerprint density at radius 1 is 1.38 bits per heavy atom. The van der Waals surface area contributed by atoms with Crippen molar-refractivity contribution in [2.45, 2.75) is 31.0 Å². The van der Waals surface area contributed by atoms with E-state index in [1.54, 1.807) is 28.8 Å². The molecular formula is C16H20FN5OS. The minimum Gasteiger partial charge on any atom is -0.314 e. The molecular weight excluding hydrogens is 329 g/mol. The summed E-state index contributed by atoms with van der Waals surface area (Å²) in [6, 6.07) is 5.47. The Bertz CT molecular complexity index is 718. The number of carbonyl (C=O) groups is 1. The van der Waals surface area contributed by atoms with Gasteiger partial charge in [-0.05, 0) is 42.9 Å². The topological polar surface area (TPSA) is 63.1 Å². The first-order valence-corrected chi connectivity index (χ1v) is 8.94. The predicted molar refractivity (Wildman–Crippen MR) is 91.5 cm³/mol. The van der Waals surface area contributed by atoms with Crippen LogP contribution in [0.15, 0.2) is 29.4 Å². The molecule has 0 spiro atoms. The van der Waals surface area contributed by atoms with Crippen LogP contribution < -0.4 is 5.32 Å². The second kappa shape index (κ2) is 7.21. The summed E-state index contributed by atoms with van der Waals surface area (Å²) in [5, 5.41) is 12.2. The highest BCUT2D eigenvalue weighted by atomic mass is 32.2. The van der Waals surface area contributed by atoms with Gasteiger partial charge in [0.1, 0.15) is 5.82 Å². The number of benzene rings is 1. The standard InChI is InChI=1S/C16H20FN5OS/c1-3-24-16-20-19-14(21(16)2)13-5-4-10-22(13)15(23)18-12-8-6-11(17)7-9-12/h6-9,13H,3-5,10H2,1-2H3,(H,18,23)/t13-/m0/s1. The molecule has 2 heterocycles. The van der Waals surface area contributed by atoms with Crippen molar-refractivity contribution >= 4 is 23.5 Å². The van der Waals surface area contributed by atoms with Crippen LogP contribution in [0.4, 0.5) is 14.9 Å². The van der Waals surface area contributed by atoms with Gasteiger partial charge in [-0.1, -0.05) is 18.7 Å². The molecule has 0 saturated carbocycles. The fourth-order valence-corrected chi connectivity index (χ4v) is 3.52. The van der Waals surface area contributed by atoms with Gasteiger partial charge in [0.2, 0.25) is 0 Å². The number of halogens is 1. The summed E-state index contributed by atoms with van der Waals surface area (Å²) in [4.78, 5) is 14.4. The molecule has 0 bridgehead atoms. The van der Waals surface area contributed by atoms with Crippen molar-refractivity contribution < 1.29 is 9.18 Å². The van der Waals surface area contributed by atoms with E-state index in [-0.39, 0.29) is 17.9 Å². The number of thioether (sulfide) groups is 1. The first kappa shape index (κ1) is 16.8. The number of aromatic nitrogens is 3. The van der Waals surface area contributed by atoms with Crippen molar-refractivity contribution in [2.24, 2.45) is 7.05 Å². The van der Waals surface area contributed by atoms with Crippen LogP contribution in [-0.2, 0) is 7.05 Å². The van der Waals surface area contributed by atoms with E-state index in [0.717, 1.165) is 29.6 Å². The summed E-state index contributed by atoms with van der Waals surface area (Å²) < 4.78 is 14.9. The van der Waals surface area contributed by atoms with E-state index in [1.807, 2.05) is 11.6 Å². The molecule has 8 heteroatoms. The van der Waals surface area contributed by atoms with Crippen LogP contribution in [-0.4, -0.2) is 38.0 Å². The first-order valence-electron chi connectivity index (χ1n) is 7.95. The number of nitrogens with one attached hydrogen (secondary N) is 1. The van der Waals surface area contributed by atoms with E-state index in [0.29, 0.717) is 12.2 Å². The molecule has 1 aromatic carbocycles. The molecule has 1 N–H and O–H groups in total. The molecule has 1 saturated heterocycles. The molecule has 1 atom stereocenters. The van der Waals surface area contributed by atoms with Crippen LogP contribution >= 0.6 is 11.8 Å². The molecule has 1 aliphatic rings. The van der Waals surface area contributed by atoms with E-state index in [4.69, 9.17) is 0 Å². The van der Waals surface area contributed by atoms with Gasteiger partial charge in [-0.3, -0.25) is 0 Å². The van der Waals surface area contributed by atoms with E-state index in [1.165, 1.54) is 12.1 Å². The smallest absolute Gasteiger partial charge is 0.314 e. The maximum Gasteiger partial charge on any atom is 0.322 e. The van der Waals surface area contributed by atoms with Gasteiger partial charge in [0.15, 0.2) is 11.0 Å². The van der Waals surface area contributed by atoms with Crippen LogP contribution in [0, 0.1) is 5.82 Å². The Kier molecular flexibility index (Phi) is 5.03. The highest BCUT2D eigenvalue weighted by Crippen LogP contribution is 2.32. The summed E-state index contributed by atoms with van der Waals surface area (Å²) in [6.07, 6.45) is 1.78. The average Bonchev–Trinajstić information content (AvgIpc) is 3.17. The second-order valence-corrected chi connectivity index (χ2v) is 6.85. The highest BCUT2D eigenvalue weighted by Gasteiger charge is 2.33. The van der Waals surface area contributed by atoms with E-state index >= 15 is 0 Å². The van der Waals surface area contributed by atoms with Crippen molar-refractivity contribution in [1.82, 2.24) is 19.7 Å². The minimum absolute atomic E-state index is 0.0887. The van der Waals surface area contributed by atoms with Gasteiger partial charge in [-0.2, -0.15) is 0 Å². The van der Waals surface area contributed by atoms with E-state index < -0.39 is 0 Å². The van der Waals surface area contributed by atoms with E-state index in [9.17, 15) is 9.18 Å². The summed E-state index contributed by atoms with van der Waals surface area (Å²) in [5.74, 6) is 1.40. The fourth-order valence-electron chi connectivity index (χ4n) is 2.88. The van der Waals surface area contributed by atoms with Crippen molar-refractivity contribution in [2.75, 3.05) is 17.6 Å². The molecule has 2 aromatic rings. The maximum absolute atomic E-state index is 13.0.